The Bertz CT molecular complexity index is 347. The topological polar surface area (TPSA) is 41.6 Å². The van der Waals surface area contributed by atoms with E-state index in [1.807, 2.05) is 0 Å². The molecular weight excluding hydrogens is 126 g/mol. The van der Waals surface area contributed by atoms with Crippen molar-refractivity contribution >= 4 is 11.6 Å². The van der Waals surface area contributed by atoms with E-state index in [1.165, 1.54) is 5.57 Å². The summed E-state index contributed by atoms with van der Waals surface area (Å²) in [5.41, 5.74) is 1.34. The van der Waals surface area contributed by atoms with Gasteiger partial charge in [0.05, 0.1) is 5.35 Å². The van der Waals surface area contributed by atoms with Crippen molar-refractivity contribution < 1.29 is 0 Å². The van der Waals surface area contributed by atoms with E-state index in [0.717, 1.165) is 23.5 Å². The monoisotopic (exact) mass is 135 g/mol. The molecule has 0 aromatic carbocycles. The molecule has 0 saturated heterocycles. The van der Waals surface area contributed by atoms with Crippen LogP contribution in [0.3, 0.4) is 0 Å². The van der Waals surface area contributed by atoms with Crippen LogP contribution in [0.25, 0.3) is 11.6 Å². The highest BCUT2D eigenvalue weighted by molar-refractivity contribution is 5.45. The number of nitrogens with one attached hydrogen (secondary N) is 1. The number of hydrogen-bond acceptors (Lipinski definition) is 2. The Morgan fingerprint density at radius 1 is 1.60 bits per heavy atom. The van der Waals surface area contributed by atoms with Crippen LogP contribution in [0.1, 0.15) is 19.8 Å². The lowest BCUT2D eigenvalue weighted by molar-refractivity contribution is 0.924. The van der Waals surface area contributed by atoms with Gasteiger partial charge in [0.2, 0.25) is 0 Å². The van der Waals surface area contributed by atoms with E-state index in [1.54, 1.807) is 0 Å². The summed E-state index contributed by atoms with van der Waals surface area (Å²) in [6.45, 7) is 2.11. The van der Waals surface area contributed by atoms with Gasteiger partial charge in [-0.3, -0.25) is 5.10 Å². The molecular formula is C7H9N3. The van der Waals surface area contributed by atoms with Gasteiger partial charge in [-0.2, -0.15) is 0 Å². The smallest absolute Gasteiger partial charge is 0.111 e. The van der Waals surface area contributed by atoms with Crippen molar-refractivity contribution in [3.8, 4) is 0 Å². The first-order valence-electron chi connectivity index (χ1n) is 3.45. The normalized spacial score (nSPS) is 16.3. The van der Waals surface area contributed by atoms with Crippen LogP contribution in [0, 0.1) is 0 Å². The van der Waals surface area contributed by atoms with Gasteiger partial charge < -0.3 is 0 Å². The number of aromatic nitrogens is 3. The molecule has 1 aliphatic carbocycles. The summed E-state index contributed by atoms with van der Waals surface area (Å²) in [6, 6.07) is 0. The highest BCUT2D eigenvalue weighted by Crippen LogP contribution is 2.03. The highest BCUT2D eigenvalue weighted by atomic mass is 15.3. The molecule has 0 spiro atoms. The van der Waals surface area contributed by atoms with Crippen molar-refractivity contribution in [3.63, 3.8) is 0 Å². The van der Waals surface area contributed by atoms with E-state index in [4.69, 9.17) is 0 Å². The minimum absolute atomic E-state index is 1.05. The Morgan fingerprint density at radius 2 is 2.50 bits per heavy atom. The van der Waals surface area contributed by atoms with Crippen LogP contribution in [0.5, 0.6) is 0 Å². The molecule has 0 amide bonds. The van der Waals surface area contributed by atoms with Gasteiger partial charge in [-0.15, -0.1) is 5.10 Å². The van der Waals surface area contributed by atoms with Crippen LogP contribution in [0.2, 0.25) is 0 Å². The van der Waals surface area contributed by atoms with E-state index in [2.05, 4.69) is 28.4 Å². The van der Waals surface area contributed by atoms with Crippen molar-refractivity contribution in [1.82, 2.24) is 15.4 Å². The fourth-order valence-electron chi connectivity index (χ4n) is 1.24. The van der Waals surface area contributed by atoms with E-state index in [9.17, 15) is 0 Å². The second-order valence-corrected chi connectivity index (χ2v) is 2.60. The predicted octanol–water partition coefficient (Wildman–Crippen LogP) is -0.450. The first kappa shape index (κ1) is 5.65. The van der Waals surface area contributed by atoms with Crippen LogP contribution < -0.4 is 10.7 Å². The number of H-pyrrole nitrogens is 1. The third-order valence-corrected chi connectivity index (χ3v) is 1.85. The lowest BCUT2D eigenvalue weighted by Crippen LogP contribution is -2.28. The van der Waals surface area contributed by atoms with Crippen molar-refractivity contribution in [1.29, 1.82) is 0 Å². The van der Waals surface area contributed by atoms with E-state index >= 15 is 0 Å². The van der Waals surface area contributed by atoms with Crippen molar-refractivity contribution in [2.24, 2.45) is 0 Å². The fourth-order valence-corrected chi connectivity index (χ4v) is 1.24. The predicted molar refractivity (Wildman–Crippen MR) is 38.4 cm³/mol. The van der Waals surface area contributed by atoms with Crippen molar-refractivity contribution in [3.05, 3.63) is 10.7 Å². The van der Waals surface area contributed by atoms with Gasteiger partial charge >= 0.3 is 0 Å². The van der Waals surface area contributed by atoms with E-state index in [0.29, 0.717) is 0 Å². The van der Waals surface area contributed by atoms with Gasteiger partial charge in [0.1, 0.15) is 5.35 Å². The molecule has 0 bridgehead atoms. The molecule has 52 valence electrons. The molecule has 0 fully saturated rings. The van der Waals surface area contributed by atoms with Crippen LogP contribution in [-0.4, -0.2) is 15.4 Å². The number of fused-ring (bicyclic) bond motifs is 1. The van der Waals surface area contributed by atoms with Crippen LogP contribution in [0.15, 0.2) is 0 Å². The standard InChI is InChI=1S/C7H9N3/c1-5-3-2-4-6-7(5)9-10-8-6/h4H,2-3H2,1H3,(H,8,9). The van der Waals surface area contributed by atoms with Crippen molar-refractivity contribution in [2.45, 2.75) is 19.8 Å². The van der Waals surface area contributed by atoms with Gasteiger partial charge in [-0.05, 0) is 25.3 Å². The fraction of sp³-hybridized carbons (Fsp3) is 0.429. The Labute approximate surface area is 58.5 Å². The van der Waals surface area contributed by atoms with Gasteiger partial charge in [-0.1, -0.05) is 11.3 Å². The molecule has 1 aromatic rings. The molecule has 0 aliphatic heterocycles. The molecule has 0 saturated carbocycles. The average molecular weight is 135 g/mol. The first-order chi connectivity index (χ1) is 4.88. The summed E-state index contributed by atoms with van der Waals surface area (Å²) < 4.78 is 0. The highest BCUT2D eigenvalue weighted by Gasteiger charge is 2.00. The van der Waals surface area contributed by atoms with Gasteiger partial charge in [-0.25, -0.2) is 0 Å². The Hall–Kier alpha value is -1.12. The maximum Gasteiger partial charge on any atom is 0.111 e. The zero-order valence-electron chi connectivity index (χ0n) is 5.89. The second-order valence-electron chi connectivity index (χ2n) is 2.60. The summed E-state index contributed by atoms with van der Waals surface area (Å²) in [5.74, 6) is 0. The van der Waals surface area contributed by atoms with Crippen molar-refractivity contribution in [2.75, 3.05) is 0 Å². The molecule has 0 radical (unpaired) electrons. The number of rotatable bonds is 0. The molecule has 0 atom stereocenters. The molecule has 3 heteroatoms. The summed E-state index contributed by atoms with van der Waals surface area (Å²) in [6.07, 6.45) is 4.38. The minimum atomic E-state index is 1.05. The lowest BCUT2D eigenvalue weighted by Gasteiger charge is -1.98. The molecule has 1 heterocycles. The van der Waals surface area contributed by atoms with Gasteiger partial charge in [0, 0.05) is 0 Å². The Kier molecular flexibility index (Phi) is 1.09. The Balaban J connectivity index is 2.91. The van der Waals surface area contributed by atoms with Crippen LogP contribution in [-0.2, 0) is 0 Å². The van der Waals surface area contributed by atoms with E-state index < -0.39 is 0 Å². The van der Waals surface area contributed by atoms with Crippen LogP contribution in [0.4, 0.5) is 0 Å². The third-order valence-electron chi connectivity index (χ3n) is 1.85. The first-order valence-corrected chi connectivity index (χ1v) is 3.45. The Morgan fingerprint density at radius 3 is 3.30 bits per heavy atom. The zero-order chi connectivity index (χ0) is 6.97. The average Bonchev–Trinajstić information content (AvgIpc) is 2.36. The summed E-state index contributed by atoms with van der Waals surface area (Å²) in [4.78, 5) is 0. The molecule has 0 unspecified atom stereocenters. The SMILES string of the molecule is CC1=c2nn[nH]c2=CCC1. The molecule has 1 aliphatic rings. The summed E-state index contributed by atoms with van der Waals surface area (Å²) in [5, 5.41) is 12.7. The van der Waals surface area contributed by atoms with Crippen LogP contribution >= 0.6 is 0 Å². The maximum atomic E-state index is 3.96. The maximum absolute atomic E-state index is 3.96. The van der Waals surface area contributed by atoms with Gasteiger partial charge in [0.15, 0.2) is 0 Å². The molecule has 10 heavy (non-hydrogen) atoms. The number of hydrogen-bond donors (Lipinski definition) is 1. The molecule has 3 nitrogen and oxygen atoms in total. The largest absolute Gasteiger partial charge is 0.258 e. The van der Waals surface area contributed by atoms with E-state index in [-0.39, 0.29) is 0 Å². The van der Waals surface area contributed by atoms with Gasteiger partial charge in [0.25, 0.3) is 0 Å². The summed E-state index contributed by atoms with van der Waals surface area (Å²) >= 11 is 0. The summed E-state index contributed by atoms with van der Waals surface area (Å²) in [7, 11) is 0. The zero-order valence-corrected chi connectivity index (χ0v) is 5.89. The molecule has 2 rings (SSSR count). The second kappa shape index (κ2) is 1.94. The third kappa shape index (κ3) is 0.667. The number of nitrogens with zero attached hydrogens (tertiary/aromatic N) is 2. The number of aromatic amines is 1. The molecule has 1 aromatic heterocycles. The minimum Gasteiger partial charge on any atom is -0.258 e. The quantitative estimate of drug-likeness (QED) is 0.523. The molecule has 1 N–H and O–H groups in total. The lowest BCUT2D eigenvalue weighted by atomic mass is 10.1.